The molecule has 35 heavy (non-hydrogen) atoms. The van der Waals surface area contributed by atoms with E-state index in [-0.39, 0.29) is 11.8 Å². The first-order valence-electron chi connectivity index (χ1n) is 13.6. The molecule has 6 nitrogen and oxygen atoms in total. The zero-order valence-electron chi connectivity index (χ0n) is 23.4. The number of Topliss-reactive ketones (excluding diaryl/α,β-unsaturated/α-hetero) is 1. The highest BCUT2D eigenvalue weighted by molar-refractivity contribution is 6.05. The number of fused-ring (bicyclic) bond motifs is 2. The number of carbonyl (C=O) groups excluding carboxylic acids is 1. The fourth-order valence-electron chi connectivity index (χ4n) is 3.66. The molecule has 198 valence electrons. The van der Waals surface area contributed by atoms with Crippen molar-refractivity contribution in [3.63, 3.8) is 0 Å². The normalized spacial score (nSPS) is 15.7. The van der Waals surface area contributed by atoms with Crippen molar-refractivity contribution in [1.29, 1.82) is 0 Å². The van der Waals surface area contributed by atoms with Crippen molar-refractivity contribution < 1.29 is 4.79 Å². The number of aromatic amines is 1. The first-order valence-corrected chi connectivity index (χ1v) is 13.6. The molecule has 0 bridgehead atoms. The molecule has 1 fully saturated rings. The lowest BCUT2D eigenvalue weighted by molar-refractivity contribution is -0.114. The van der Waals surface area contributed by atoms with Crippen LogP contribution in [0.15, 0.2) is 40.9 Å². The summed E-state index contributed by atoms with van der Waals surface area (Å²) < 4.78 is 0. The lowest BCUT2D eigenvalue weighted by atomic mass is 9.87. The zero-order valence-corrected chi connectivity index (χ0v) is 23.4. The number of rotatable bonds is 6. The van der Waals surface area contributed by atoms with Crippen LogP contribution in [0, 0.1) is 0 Å². The average Bonchev–Trinajstić information content (AvgIpc) is 3.30. The van der Waals surface area contributed by atoms with Crippen LogP contribution in [-0.4, -0.2) is 40.6 Å². The van der Waals surface area contributed by atoms with Crippen LogP contribution in [0.3, 0.4) is 0 Å². The molecule has 0 amide bonds. The third-order valence-corrected chi connectivity index (χ3v) is 5.13. The van der Waals surface area contributed by atoms with E-state index in [4.69, 9.17) is 5.73 Å². The summed E-state index contributed by atoms with van der Waals surface area (Å²) in [6.07, 6.45) is 10.8. The number of aromatic nitrogens is 2. The second-order valence-corrected chi connectivity index (χ2v) is 8.28. The average molecular weight is 486 g/mol. The van der Waals surface area contributed by atoms with E-state index in [1.807, 2.05) is 45.9 Å². The maximum atomic E-state index is 9.44. The molecule has 2 aromatic rings. The van der Waals surface area contributed by atoms with Gasteiger partial charge in [0, 0.05) is 12.6 Å². The molecular formula is C29H51N5O. The monoisotopic (exact) mass is 485 g/mol. The minimum atomic E-state index is 0.167. The minimum Gasteiger partial charge on any atom is -0.341 e. The molecule has 1 unspecified atom stereocenters. The van der Waals surface area contributed by atoms with Gasteiger partial charge in [-0.2, -0.15) is 0 Å². The largest absolute Gasteiger partial charge is 0.341 e. The Labute approximate surface area is 214 Å². The molecule has 4 N–H and O–H groups in total. The maximum Gasteiger partial charge on any atom is 0.126 e. The van der Waals surface area contributed by atoms with Gasteiger partial charge in [0.15, 0.2) is 0 Å². The van der Waals surface area contributed by atoms with Gasteiger partial charge in [-0.25, -0.2) is 4.98 Å². The number of benzene rings is 1. The molecule has 0 saturated heterocycles. The van der Waals surface area contributed by atoms with Crippen LogP contribution in [0.1, 0.15) is 99.2 Å². The Bertz CT molecular complexity index is 832. The van der Waals surface area contributed by atoms with Gasteiger partial charge in [0.1, 0.15) is 11.6 Å². The number of carbonyl (C=O) groups is 1. The number of nitrogens with zero attached hydrogens (tertiary/aromatic N) is 2. The fraction of sp³-hybridized carbons (Fsp3) is 0.621. The van der Waals surface area contributed by atoms with Crippen molar-refractivity contribution in [3.05, 3.63) is 41.7 Å². The molecule has 0 radical (unpaired) electrons. The van der Waals surface area contributed by atoms with Crippen molar-refractivity contribution in [1.82, 2.24) is 15.3 Å². The molecule has 1 aromatic carbocycles. The summed E-state index contributed by atoms with van der Waals surface area (Å²) in [5, 5.41) is 3.40. The van der Waals surface area contributed by atoms with E-state index < -0.39 is 0 Å². The summed E-state index contributed by atoms with van der Waals surface area (Å²) >= 11 is 0. The van der Waals surface area contributed by atoms with E-state index in [1.165, 1.54) is 57.2 Å². The summed E-state index contributed by atoms with van der Waals surface area (Å²) in [6.45, 7) is 16.1. The van der Waals surface area contributed by atoms with Gasteiger partial charge in [-0.15, -0.1) is 0 Å². The van der Waals surface area contributed by atoms with Crippen molar-refractivity contribution in [2.75, 3.05) is 13.1 Å². The number of unbranched alkanes of at least 4 members (excludes halogenated alkanes) is 2. The van der Waals surface area contributed by atoms with Gasteiger partial charge >= 0.3 is 0 Å². The second kappa shape index (κ2) is 21.0. The van der Waals surface area contributed by atoms with Crippen molar-refractivity contribution >= 4 is 22.5 Å². The van der Waals surface area contributed by atoms with Gasteiger partial charge in [0.05, 0.1) is 23.3 Å². The van der Waals surface area contributed by atoms with Crippen LogP contribution >= 0.6 is 0 Å². The Morgan fingerprint density at radius 1 is 1.14 bits per heavy atom. The van der Waals surface area contributed by atoms with Crippen LogP contribution in [0.2, 0.25) is 0 Å². The summed E-state index contributed by atoms with van der Waals surface area (Å²) in [5.41, 5.74) is 10.7. The number of ketones is 1. The highest BCUT2D eigenvalue weighted by atomic mass is 16.1. The predicted octanol–water partition coefficient (Wildman–Crippen LogP) is 6.76. The molecule has 4 rings (SSSR count). The Kier molecular flexibility index (Phi) is 19.6. The van der Waals surface area contributed by atoms with E-state index in [9.17, 15) is 4.79 Å². The zero-order chi connectivity index (χ0) is 26.5. The molecule has 0 spiro atoms. The number of H-pyrrole nitrogens is 1. The minimum absolute atomic E-state index is 0.167. The summed E-state index contributed by atoms with van der Waals surface area (Å²) in [7, 11) is 0. The van der Waals surface area contributed by atoms with E-state index >= 15 is 0 Å². The highest BCUT2D eigenvalue weighted by Crippen LogP contribution is 2.23. The summed E-state index contributed by atoms with van der Waals surface area (Å²) in [6, 6.07) is 8.37. The maximum absolute atomic E-state index is 9.44. The number of hydrogen-bond donors (Lipinski definition) is 3. The molecule has 1 aliphatic heterocycles. The first-order chi connectivity index (χ1) is 17.0. The topological polar surface area (TPSA) is 96.2 Å². The van der Waals surface area contributed by atoms with Crippen LogP contribution in [0.25, 0.3) is 11.0 Å². The molecule has 6 heteroatoms. The third kappa shape index (κ3) is 14.0. The van der Waals surface area contributed by atoms with Gasteiger partial charge in [-0.1, -0.05) is 65.7 Å². The molecule has 2 aliphatic rings. The molecule has 1 aliphatic carbocycles. The van der Waals surface area contributed by atoms with E-state index in [0.29, 0.717) is 0 Å². The Morgan fingerprint density at radius 2 is 1.83 bits per heavy atom. The Hall–Kier alpha value is -2.31. The van der Waals surface area contributed by atoms with Crippen molar-refractivity contribution in [2.24, 2.45) is 10.7 Å². The lowest BCUT2D eigenvalue weighted by Gasteiger charge is -2.25. The van der Waals surface area contributed by atoms with Crippen molar-refractivity contribution in [2.45, 2.75) is 106 Å². The van der Waals surface area contributed by atoms with Crippen LogP contribution in [-0.2, 0) is 11.3 Å². The van der Waals surface area contributed by atoms with E-state index in [0.717, 1.165) is 49.3 Å². The Balaban J connectivity index is 0.000000528. The van der Waals surface area contributed by atoms with Crippen LogP contribution in [0.4, 0.5) is 0 Å². The lowest BCUT2D eigenvalue weighted by Crippen LogP contribution is -2.36. The second-order valence-electron chi connectivity index (χ2n) is 8.28. The number of dihydropyridines is 1. The van der Waals surface area contributed by atoms with Gasteiger partial charge in [-0.05, 0) is 70.2 Å². The summed E-state index contributed by atoms with van der Waals surface area (Å²) in [5.74, 6) is 1.19. The summed E-state index contributed by atoms with van der Waals surface area (Å²) in [4.78, 5) is 21.7. The first kappa shape index (κ1) is 32.7. The number of imidazole rings is 1. The van der Waals surface area contributed by atoms with E-state index in [2.05, 4.69) is 39.3 Å². The van der Waals surface area contributed by atoms with Gasteiger partial charge in [0.25, 0.3) is 0 Å². The fourth-order valence-corrected chi connectivity index (χ4v) is 3.66. The third-order valence-electron chi connectivity index (χ3n) is 5.13. The Morgan fingerprint density at radius 3 is 2.46 bits per heavy atom. The number of nitrogens with two attached hydrogens (primary N) is 1. The van der Waals surface area contributed by atoms with Crippen LogP contribution < -0.4 is 11.1 Å². The van der Waals surface area contributed by atoms with Crippen LogP contribution in [0.5, 0.6) is 0 Å². The number of nitrogens with one attached hydrogen (secondary N) is 2. The molecule has 1 saturated carbocycles. The number of para-hydroxylation sites is 2. The standard InChI is InChI=1S/C13H19N3.C9H14N2.C3H6O.2C2H6/c1-2-3-6-9-14-10-13-15-11-7-4-5-8-12(11)16-13;10-8-5-1-3-7-4-2-6-11-9(7)8;1-3(2)4;2*1-2/h4-5,7-8,14H,2-3,6,9-10H2,1H3,(H,15,16);4,8H,1-3,5-6,10H2;1-2H3;2*1-2H3. The number of hydrogen-bond acceptors (Lipinski definition) is 5. The number of aliphatic imine (C=N–C) groups is 1. The van der Waals surface area contributed by atoms with Crippen molar-refractivity contribution in [3.8, 4) is 0 Å². The van der Waals surface area contributed by atoms with Gasteiger partial charge < -0.3 is 20.8 Å². The SMILES string of the molecule is CC.CC.CC(C)=O.CCCCCNCc1nc2ccccc2[nH]1.NC1CCCC2=CCCN=C21. The molecule has 1 aromatic heterocycles. The van der Waals surface area contributed by atoms with Gasteiger partial charge in [0.2, 0.25) is 0 Å². The highest BCUT2D eigenvalue weighted by Gasteiger charge is 2.21. The van der Waals surface area contributed by atoms with Gasteiger partial charge in [-0.3, -0.25) is 4.99 Å². The quantitative estimate of drug-likeness (QED) is 0.394. The predicted molar refractivity (Wildman–Crippen MR) is 153 cm³/mol. The molecule has 2 heterocycles. The smallest absolute Gasteiger partial charge is 0.126 e. The van der Waals surface area contributed by atoms with E-state index in [1.54, 1.807) is 0 Å². The molecule has 1 atom stereocenters. The molecular weight excluding hydrogens is 434 g/mol.